The van der Waals surface area contributed by atoms with Crippen molar-refractivity contribution in [2.24, 2.45) is 11.7 Å². The Balaban J connectivity index is 1.63. The first kappa shape index (κ1) is 12.7. The van der Waals surface area contributed by atoms with Crippen LogP contribution in [0.1, 0.15) is 36.8 Å². The summed E-state index contributed by atoms with van der Waals surface area (Å²) in [5.41, 5.74) is 8.76. The van der Waals surface area contributed by atoms with E-state index in [4.69, 9.17) is 5.73 Å². The molecule has 1 aromatic carbocycles. The smallest absolute Gasteiger partial charge is 0.223 e. The van der Waals surface area contributed by atoms with Gasteiger partial charge in [-0.3, -0.25) is 4.79 Å². The number of nitrogens with two attached hydrogens (primary N) is 1. The molecule has 0 aromatic heterocycles. The summed E-state index contributed by atoms with van der Waals surface area (Å²) in [6.07, 6.45) is 6.08. The predicted molar refractivity (Wildman–Crippen MR) is 75.7 cm³/mol. The Kier molecular flexibility index (Phi) is 3.56. The molecule has 0 spiro atoms. The molecule has 3 heteroatoms. The van der Waals surface area contributed by atoms with Crippen molar-refractivity contribution in [2.75, 3.05) is 0 Å². The molecule has 1 saturated carbocycles. The number of amides is 1. The number of rotatable bonds is 2. The van der Waals surface area contributed by atoms with Crippen molar-refractivity contribution >= 4 is 5.91 Å². The van der Waals surface area contributed by atoms with Gasteiger partial charge in [-0.1, -0.05) is 24.3 Å². The second-order valence-corrected chi connectivity index (χ2v) is 5.92. The molecule has 3 N–H and O–H groups in total. The first-order valence-electron chi connectivity index (χ1n) is 7.37. The normalized spacial score (nSPS) is 29.8. The fourth-order valence-electron chi connectivity index (χ4n) is 3.39. The lowest BCUT2D eigenvalue weighted by Gasteiger charge is -2.26. The number of fused-ring (bicyclic) bond motifs is 1. The summed E-state index contributed by atoms with van der Waals surface area (Å²) in [6, 6.07) is 8.82. The van der Waals surface area contributed by atoms with Crippen LogP contribution in [0.15, 0.2) is 24.3 Å². The average Bonchev–Trinajstić information content (AvgIpc) is 2.84. The van der Waals surface area contributed by atoms with Crippen LogP contribution < -0.4 is 11.1 Å². The molecule has 1 fully saturated rings. The lowest BCUT2D eigenvalue weighted by molar-refractivity contribution is -0.126. The van der Waals surface area contributed by atoms with Gasteiger partial charge in [-0.05, 0) is 49.7 Å². The van der Waals surface area contributed by atoms with Gasteiger partial charge in [0.1, 0.15) is 0 Å². The molecule has 3 atom stereocenters. The van der Waals surface area contributed by atoms with Crippen molar-refractivity contribution in [1.82, 2.24) is 5.32 Å². The summed E-state index contributed by atoms with van der Waals surface area (Å²) in [4.78, 5) is 12.3. The quantitative estimate of drug-likeness (QED) is 0.849. The lowest BCUT2D eigenvalue weighted by atomic mass is 9.83. The molecule has 1 aromatic rings. The molecule has 102 valence electrons. The topological polar surface area (TPSA) is 55.1 Å². The first-order chi connectivity index (χ1) is 9.24. The van der Waals surface area contributed by atoms with Crippen molar-refractivity contribution in [3.05, 3.63) is 35.4 Å². The summed E-state index contributed by atoms with van der Waals surface area (Å²) in [7, 11) is 0. The maximum atomic E-state index is 12.3. The number of hydrogen-bond acceptors (Lipinski definition) is 2. The molecule has 3 rings (SSSR count). The van der Waals surface area contributed by atoms with Crippen LogP contribution in [-0.4, -0.2) is 18.0 Å². The van der Waals surface area contributed by atoms with Gasteiger partial charge in [0.05, 0.1) is 0 Å². The Morgan fingerprint density at radius 1 is 1.16 bits per heavy atom. The van der Waals surface area contributed by atoms with Gasteiger partial charge in [0, 0.05) is 18.0 Å². The zero-order valence-electron chi connectivity index (χ0n) is 11.3. The summed E-state index contributed by atoms with van der Waals surface area (Å²) < 4.78 is 0. The van der Waals surface area contributed by atoms with Gasteiger partial charge in [0.25, 0.3) is 0 Å². The Morgan fingerprint density at radius 3 is 2.68 bits per heavy atom. The van der Waals surface area contributed by atoms with Crippen LogP contribution in [0.4, 0.5) is 0 Å². The maximum absolute atomic E-state index is 12.3. The molecular formula is C16H22N2O. The lowest BCUT2D eigenvalue weighted by Crippen LogP contribution is -2.47. The maximum Gasteiger partial charge on any atom is 0.223 e. The molecule has 19 heavy (non-hydrogen) atoms. The third kappa shape index (κ3) is 2.66. The molecule has 1 amide bonds. The Labute approximate surface area is 114 Å². The fourth-order valence-corrected chi connectivity index (χ4v) is 3.39. The van der Waals surface area contributed by atoms with Crippen LogP contribution >= 0.6 is 0 Å². The van der Waals surface area contributed by atoms with Crippen LogP contribution in [0.3, 0.4) is 0 Å². The van der Waals surface area contributed by atoms with E-state index in [0.717, 1.165) is 38.5 Å². The van der Waals surface area contributed by atoms with Gasteiger partial charge in [-0.15, -0.1) is 0 Å². The summed E-state index contributed by atoms with van der Waals surface area (Å²) in [5, 5.41) is 3.17. The van der Waals surface area contributed by atoms with E-state index in [2.05, 4.69) is 29.6 Å². The highest BCUT2D eigenvalue weighted by Crippen LogP contribution is 2.26. The molecule has 3 unspecified atom stereocenters. The Hall–Kier alpha value is -1.35. The third-order valence-electron chi connectivity index (χ3n) is 4.61. The molecule has 2 aliphatic rings. The second-order valence-electron chi connectivity index (χ2n) is 5.92. The highest BCUT2D eigenvalue weighted by Gasteiger charge is 2.29. The Morgan fingerprint density at radius 2 is 1.95 bits per heavy atom. The fraction of sp³-hybridized carbons (Fsp3) is 0.562. The van der Waals surface area contributed by atoms with Gasteiger partial charge in [-0.2, -0.15) is 0 Å². The number of nitrogens with one attached hydrogen (secondary N) is 1. The molecule has 0 bridgehead atoms. The molecule has 0 saturated heterocycles. The molecular weight excluding hydrogens is 236 g/mol. The van der Waals surface area contributed by atoms with Gasteiger partial charge >= 0.3 is 0 Å². The van der Waals surface area contributed by atoms with E-state index in [9.17, 15) is 4.79 Å². The van der Waals surface area contributed by atoms with E-state index in [1.807, 2.05) is 0 Å². The van der Waals surface area contributed by atoms with Gasteiger partial charge in [-0.25, -0.2) is 0 Å². The van der Waals surface area contributed by atoms with Crippen LogP contribution in [0, 0.1) is 5.92 Å². The second kappa shape index (κ2) is 5.33. The molecule has 0 heterocycles. The number of hydrogen-bond donors (Lipinski definition) is 2. The molecule has 3 nitrogen and oxygen atoms in total. The van der Waals surface area contributed by atoms with E-state index < -0.39 is 0 Å². The van der Waals surface area contributed by atoms with Crippen molar-refractivity contribution in [1.29, 1.82) is 0 Å². The Bertz CT molecular complexity index is 472. The van der Waals surface area contributed by atoms with Crippen LogP contribution in [0.2, 0.25) is 0 Å². The average molecular weight is 258 g/mol. The monoisotopic (exact) mass is 258 g/mol. The SMILES string of the molecule is NC1CCCC1NC(=O)C1CCc2ccccc2C1. The standard InChI is InChI=1S/C16H22N2O/c17-14-6-3-7-15(14)18-16(19)13-9-8-11-4-1-2-5-12(11)10-13/h1-2,4-5,13-15H,3,6-10,17H2,(H,18,19). The van der Waals surface area contributed by atoms with Gasteiger partial charge in [0.15, 0.2) is 0 Å². The minimum Gasteiger partial charge on any atom is -0.352 e. The number of aryl methyl sites for hydroxylation is 1. The minimum atomic E-state index is 0.127. The summed E-state index contributed by atoms with van der Waals surface area (Å²) in [5.74, 6) is 0.333. The first-order valence-corrected chi connectivity index (χ1v) is 7.37. The molecule has 0 radical (unpaired) electrons. The van der Waals surface area contributed by atoms with E-state index in [1.165, 1.54) is 11.1 Å². The third-order valence-corrected chi connectivity index (χ3v) is 4.61. The van der Waals surface area contributed by atoms with Crippen molar-refractivity contribution < 1.29 is 4.79 Å². The zero-order chi connectivity index (χ0) is 13.2. The molecule has 0 aliphatic heterocycles. The van der Waals surface area contributed by atoms with Crippen LogP contribution in [0.5, 0.6) is 0 Å². The highest BCUT2D eigenvalue weighted by molar-refractivity contribution is 5.79. The van der Waals surface area contributed by atoms with Crippen LogP contribution in [0.25, 0.3) is 0 Å². The van der Waals surface area contributed by atoms with Crippen molar-refractivity contribution in [3.63, 3.8) is 0 Å². The van der Waals surface area contributed by atoms with Crippen molar-refractivity contribution in [3.8, 4) is 0 Å². The van der Waals surface area contributed by atoms with Crippen LogP contribution in [-0.2, 0) is 17.6 Å². The number of benzene rings is 1. The summed E-state index contributed by atoms with van der Waals surface area (Å²) >= 11 is 0. The zero-order valence-corrected chi connectivity index (χ0v) is 11.3. The number of carbonyl (C=O) groups excluding carboxylic acids is 1. The highest BCUT2D eigenvalue weighted by atomic mass is 16.1. The van der Waals surface area contributed by atoms with Gasteiger partial charge < -0.3 is 11.1 Å². The largest absolute Gasteiger partial charge is 0.352 e. The number of carbonyl (C=O) groups is 1. The minimum absolute atomic E-state index is 0.127. The predicted octanol–water partition coefficient (Wildman–Crippen LogP) is 1.79. The van der Waals surface area contributed by atoms with E-state index in [0.29, 0.717) is 0 Å². The van der Waals surface area contributed by atoms with E-state index in [-0.39, 0.29) is 23.9 Å². The summed E-state index contributed by atoms with van der Waals surface area (Å²) in [6.45, 7) is 0. The molecule has 2 aliphatic carbocycles. The van der Waals surface area contributed by atoms with Gasteiger partial charge in [0.2, 0.25) is 5.91 Å². The van der Waals surface area contributed by atoms with E-state index in [1.54, 1.807) is 0 Å². The van der Waals surface area contributed by atoms with Crippen molar-refractivity contribution in [2.45, 2.75) is 50.6 Å². The van der Waals surface area contributed by atoms with E-state index >= 15 is 0 Å².